The summed E-state index contributed by atoms with van der Waals surface area (Å²) in [6.07, 6.45) is 1.46. The van der Waals surface area contributed by atoms with Crippen LogP contribution >= 0.6 is 11.3 Å². The number of esters is 1. The monoisotopic (exact) mass is 485 g/mol. The predicted octanol–water partition coefficient (Wildman–Crippen LogP) is 3.72. The lowest BCUT2D eigenvalue weighted by molar-refractivity contribution is -0.117. The maximum absolute atomic E-state index is 13.3. The molecule has 1 fully saturated rings. The third-order valence-electron chi connectivity index (χ3n) is 5.44. The van der Waals surface area contributed by atoms with Crippen molar-refractivity contribution in [3.8, 4) is 11.1 Å². The second-order valence-corrected chi connectivity index (χ2v) is 8.55. The van der Waals surface area contributed by atoms with Gasteiger partial charge in [-0.3, -0.25) is 14.5 Å². The van der Waals surface area contributed by atoms with E-state index in [2.05, 4.69) is 5.32 Å². The molecule has 4 rings (SSSR count). The summed E-state index contributed by atoms with van der Waals surface area (Å²) in [7, 11) is 0. The number of benzene rings is 1. The molecule has 178 valence electrons. The SMILES string of the molecule is CCOC(=O)c1c(-c2ccc(F)cc2)csc1NC(=O)CN1CCN(C(=O)c2ccco2)CC1. The van der Waals surface area contributed by atoms with Crippen molar-refractivity contribution in [2.45, 2.75) is 6.92 Å². The quantitative estimate of drug-likeness (QED) is 0.513. The second-order valence-electron chi connectivity index (χ2n) is 7.67. The lowest BCUT2D eigenvalue weighted by Crippen LogP contribution is -2.50. The summed E-state index contributed by atoms with van der Waals surface area (Å²) in [5.74, 6) is -1.07. The number of hydrogen-bond acceptors (Lipinski definition) is 7. The van der Waals surface area contributed by atoms with E-state index in [0.29, 0.717) is 48.1 Å². The number of rotatable bonds is 7. The minimum Gasteiger partial charge on any atom is -0.462 e. The molecule has 0 radical (unpaired) electrons. The minimum atomic E-state index is -0.552. The molecule has 3 heterocycles. The smallest absolute Gasteiger partial charge is 0.341 e. The lowest BCUT2D eigenvalue weighted by Gasteiger charge is -2.33. The normalized spacial score (nSPS) is 14.1. The molecule has 2 amide bonds. The van der Waals surface area contributed by atoms with Gasteiger partial charge in [-0.15, -0.1) is 11.3 Å². The minimum absolute atomic E-state index is 0.120. The van der Waals surface area contributed by atoms with Gasteiger partial charge in [-0.1, -0.05) is 12.1 Å². The van der Waals surface area contributed by atoms with E-state index in [9.17, 15) is 18.8 Å². The van der Waals surface area contributed by atoms with Crippen molar-refractivity contribution in [1.29, 1.82) is 0 Å². The van der Waals surface area contributed by atoms with Gasteiger partial charge in [0.1, 0.15) is 16.4 Å². The zero-order chi connectivity index (χ0) is 24.1. The van der Waals surface area contributed by atoms with Crippen LogP contribution in [-0.4, -0.2) is 66.9 Å². The standard InChI is InChI=1S/C24H24FN3O5S/c1-2-32-24(31)21-18(16-5-7-17(25)8-6-16)15-34-22(21)26-20(29)14-27-9-11-28(12-10-27)23(30)19-4-3-13-33-19/h3-8,13,15H,2,9-12,14H2,1H3,(H,26,29). The number of nitrogens with zero attached hydrogens (tertiary/aromatic N) is 2. The maximum Gasteiger partial charge on any atom is 0.341 e. The van der Waals surface area contributed by atoms with Gasteiger partial charge in [0.2, 0.25) is 5.91 Å². The molecule has 2 aromatic heterocycles. The number of hydrogen-bond donors (Lipinski definition) is 1. The number of furan rings is 1. The number of carbonyl (C=O) groups excluding carboxylic acids is 3. The molecule has 1 N–H and O–H groups in total. The fourth-order valence-corrected chi connectivity index (χ4v) is 4.71. The zero-order valence-electron chi connectivity index (χ0n) is 18.6. The van der Waals surface area contributed by atoms with Crippen LogP contribution in [0.25, 0.3) is 11.1 Å². The van der Waals surface area contributed by atoms with Gasteiger partial charge in [-0.2, -0.15) is 0 Å². The van der Waals surface area contributed by atoms with Crippen LogP contribution in [0.15, 0.2) is 52.5 Å². The van der Waals surface area contributed by atoms with Gasteiger partial charge < -0.3 is 19.4 Å². The van der Waals surface area contributed by atoms with Gasteiger partial charge in [0.15, 0.2) is 5.76 Å². The Morgan fingerprint density at radius 2 is 1.85 bits per heavy atom. The number of piperazine rings is 1. The number of halogens is 1. The lowest BCUT2D eigenvalue weighted by atomic mass is 10.0. The average molecular weight is 486 g/mol. The molecule has 0 bridgehead atoms. The van der Waals surface area contributed by atoms with E-state index >= 15 is 0 Å². The van der Waals surface area contributed by atoms with Gasteiger partial charge >= 0.3 is 5.97 Å². The second kappa shape index (κ2) is 10.6. The Bertz CT molecular complexity index is 1150. The molecule has 0 spiro atoms. The van der Waals surface area contributed by atoms with Crippen LogP contribution in [0.5, 0.6) is 0 Å². The topological polar surface area (TPSA) is 92.1 Å². The van der Waals surface area contributed by atoms with E-state index in [1.807, 2.05) is 4.90 Å². The number of amides is 2. The Hall–Kier alpha value is -3.50. The first-order valence-corrected chi connectivity index (χ1v) is 11.7. The van der Waals surface area contributed by atoms with Crippen molar-refractivity contribution < 1.29 is 27.9 Å². The van der Waals surface area contributed by atoms with Crippen molar-refractivity contribution in [3.63, 3.8) is 0 Å². The van der Waals surface area contributed by atoms with Crippen LogP contribution in [0.1, 0.15) is 27.8 Å². The Balaban J connectivity index is 1.40. The summed E-state index contributed by atoms with van der Waals surface area (Å²) in [5.41, 5.74) is 1.48. The van der Waals surface area contributed by atoms with E-state index in [1.165, 1.54) is 29.7 Å². The number of nitrogens with one attached hydrogen (secondary N) is 1. The van der Waals surface area contributed by atoms with Crippen molar-refractivity contribution in [2.75, 3.05) is 44.6 Å². The van der Waals surface area contributed by atoms with E-state index in [1.54, 1.807) is 41.5 Å². The largest absolute Gasteiger partial charge is 0.462 e. The molecule has 0 saturated carbocycles. The highest BCUT2D eigenvalue weighted by Crippen LogP contribution is 2.36. The van der Waals surface area contributed by atoms with Crippen LogP contribution in [0, 0.1) is 5.82 Å². The predicted molar refractivity (Wildman–Crippen MR) is 125 cm³/mol. The van der Waals surface area contributed by atoms with Crippen LogP contribution in [0.3, 0.4) is 0 Å². The Morgan fingerprint density at radius 1 is 1.12 bits per heavy atom. The van der Waals surface area contributed by atoms with Crippen molar-refractivity contribution in [1.82, 2.24) is 9.80 Å². The number of anilines is 1. The third kappa shape index (κ3) is 5.35. The highest BCUT2D eigenvalue weighted by atomic mass is 32.1. The Kier molecular flexibility index (Phi) is 7.39. The van der Waals surface area contributed by atoms with Gasteiger partial charge in [0, 0.05) is 37.1 Å². The average Bonchev–Trinajstić information content (AvgIpc) is 3.50. The molecule has 1 aliphatic rings. The van der Waals surface area contributed by atoms with Gasteiger partial charge in [0.05, 0.1) is 19.4 Å². The first-order chi connectivity index (χ1) is 16.5. The number of ether oxygens (including phenoxy) is 1. The molecule has 0 aliphatic carbocycles. The van der Waals surface area contributed by atoms with Gasteiger partial charge in [-0.25, -0.2) is 9.18 Å². The molecule has 34 heavy (non-hydrogen) atoms. The Morgan fingerprint density at radius 3 is 2.50 bits per heavy atom. The summed E-state index contributed by atoms with van der Waals surface area (Å²) in [5, 5.41) is 4.95. The molecule has 0 unspecified atom stereocenters. The number of carbonyl (C=O) groups is 3. The highest BCUT2D eigenvalue weighted by molar-refractivity contribution is 7.15. The summed E-state index contributed by atoms with van der Waals surface area (Å²) in [6.45, 7) is 4.05. The van der Waals surface area contributed by atoms with Gasteiger partial charge in [0.25, 0.3) is 5.91 Å². The highest BCUT2D eigenvalue weighted by Gasteiger charge is 2.26. The zero-order valence-corrected chi connectivity index (χ0v) is 19.4. The van der Waals surface area contributed by atoms with Crippen molar-refractivity contribution in [3.05, 3.63) is 65.2 Å². The summed E-state index contributed by atoms with van der Waals surface area (Å²) < 4.78 is 23.7. The maximum atomic E-state index is 13.3. The summed E-state index contributed by atoms with van der Waals surface area (Å²) in [4.78, 5) is 41.5. The molecular weight excluding hydrogens is 461 g/mol. The van der Waals surface area contributed by atoms with E-state index in [4.69, 9.17) is 9.15 Å². The van der Waals surface area contributed by atoms with Gasteiger partial charge in [-0.05, 0) is 36.8 Å². The fourth-order valence-electron chi connectivity index (χ4n) is 3.73. The van der Waals surface area contributed by atoms with Crippen LogP contribution in [-0.2, 0) is 9.53 Å². The first-order valence-electron chi connectivity index (χ1n) is 10.9. The Labute approximate surface area is 199 Å². The van der Waals surface area contributed by atoms with E-state index in [0.717, 1.165) is 0 Å². The molecule has 1 aromatic carbocycles. The van der Waals surface area contributed by atoms with Crippen molar-refractivity contribution in [2.24, 2.45) is 0 Å². The van der Waals surface area contributed by atoms with E-state index < -0.39 is 5.97 Å². The molecule has 0 atom stereocenters. The molecule has 1 saturated heterocycles. The molecule has 1 aliphatic heterocycles. The third-order valence-corrected chi connectivity index (χ3v) is 6.33. The van der Waals surface area contributed by atoms with Crippen LogP contribution < -0.4 is 5.32 Å². The molecule has 10 heteroatoms. The molecule has 8 nitrogen and oxygen atoms in total. The van der Waals surface area contributed by atoms with Crippen LogP contribution in [0.4, 0.5) is 9.39 Å². The molecule has 3 aromatic rings. The fraction of sp³-hybridized carbons (Fsp3) is 0.292. The van der Waals surface area contributed by atoms with Crippen LogP contribution in [0.2, 0.25) is 0 Å². The first kappa shape index (κ1) is 23.7. The van der Waals surface area contributed by atoms with Crippen molar-refractivity contribution >= 4 is 34.1 Å². The molecular formula is C24H24FN3O5S. The number of thiophene rings is 1. The van der Waals surface area contributed by atoms with E-state index in [-0.39, 0.29) is 36.3 Å². The summed E-state index contributed by atoms with van der Waals surface area (Å²) >= 11 is 1.21. The summed E-state index contributed by atoms with van der Waals surface area (Å²) in [6, 6.07) is 9.09.